The van der Waals surface area contributed by atoms with Crippen LogP contribution in [0.2, 0.25) is 5.02 Å². The Kier molecular flexibility index (Phi) is 2.12. The van der Waals surface area contributed by atoms with Crippen molar-refractivity contribution in [3.8, 4) is 0 Å². The zero-order valence-electron chi connectivity index (χ0n) is 7.22. The van der Waals surface area contributed by atoms with Crippen molar-refractivity contribution in [3.63, 3.8) is 0 Å². The topological polar surface area (TPSA) is 17.1 Å². The average Bonchev–Trinajstić information content (AvgIpc) is 2.07. The third kappa shape index (κ3) is 1.37. The molecule has 0 aliphatic heterocycles. The van der Waals surface area contributed by atoms with E-state index in [1.807, 2.05) is 24.3 Å². The van der Waals surface area contributed by atoms with Crippen molar-refractivity contribution < 1.29 is 4.79 Å². The zero-order valence-corrected chi connectivity index (χ0v) is 7.97. The summed E-state index contributed by atoms with van der Waals surface area (Å²) in [7, 11) is 0. The van der Waals surface area contributed by atoms with E-state index in [1.165, 1.54) is 0 Å². The van der Waals surface area contributed by atoms with E-state index in [2.05, 4.69) is 6.29 Å². The SMILES string of the molecule is O=[C]C1(c2ccc(Cl)cc2)CCC1. The smallest absolute Gasteiger partial charge is 0.209 e. The van der Waals surface area contributed by atoms with Gasteiger partial charge >= 0.3 is 0 Å². The molecule has 0 aromatic heterocycles. The van der Waals surface area contributed by atoms with Gasteiger partial charge in [-0.05, 0) is 30.5 Å². The normalized spacial score (nSPS) is 19.2. The lowest BCUT2D eigenvalue weighted by Gasteiger charge is -2.36. The molecule has 1 radical (unpaired) electrons. The van der Waals surface area contributed by atoms with E-state index >= 15 is 0 Å². The van der Waals surface area contributed by atoms with Gasteiger partial charge < -0.3 is 0 Å². The van der Waals surface area contributed by atoms with Crippen LogP contribution in [0.3, 0.4) is 0 Å². The lowest BCUT2D eigenvalue weighted by molar-refractivity contribution is 0.323. The van der Waals surface area contributed by atoms with Gasteiger partial charge in [0.15, 0.2) is 0 Å². The van der Waals surface area contributed by atoms with Gasteiger partial charge in [-0.15, -0.1) is 0 Å². The van der Waals surface area contributed by atoms with E-state index in [0.29, 0.717) is 5.02 Å². The Morgan fingerprint density at radius 1 is 1.23 bits per heavy atom. The Morgan fingerprint density at radius 2 is 1.85 bits per heavy atom. The molecule has 1 aromatic rings. The summed E-state index contributed by atoms with van der Waals surface area (Å²) in [6, 6.07) is 7.50. The second kappa shape index (κ2) is 3.15. The van der Waals surface area contributed by atoms with Crippen LogP contribution in [-0.4, -0.2) is 6.29 Å². The molecule has 1 aliphatic rings. The minimum Gasteiger partial charge on any atom is -0.290 e. The molecule has 1 aliphatic carbocycles. The van der Waals surface area contributed by atoms with Gasteiger partial charge in [-0.25, -0.2) is 0 Å². The highest BCUT2D eigenvalue weighted by Gasteiger charge is 2.39. The highest BCUT2D eigenvalue weighted by molar-refractivity contribution is 6.30. The standard InChI is InChI=1S/C11H10ClO/c12-10-4-2-9(3-5-10)11(8-13)6-1-7-11/h2-5H,1,6-7H2. The maximum atomic E-state index is 10.8. The molecule has 1 aromatic carbocycles. The van der Waals surface area contributed by atoms with Crippen molar-refractivity contribution in [2.75, 3.05) is 0 Å². The Hall–Kier alpha value is -0.820. The fraction of sp³-hybridized carbons (Fsp3) is 0.364. The number of carbonyl (C=O) groups excluding carboxylic acids is 1. The van der Waals surface area contributed by atoms with Gasteiger partial charge in [-0.3, -0.25) is 4.79 Å². The van der Waals surface area contributed by atoms with Gasteiger partial charge in [0.1, 0.15) is 0 Å². The summed E-state index contributed by atoms with van der Waals surface area (Å²) in [5.41, 5.74) is 0.739. The molecule has 0 atom stereocenters. The Balaban J connectivity index is 2.33. The number of benzene rings is 1. The minimum absolute atomic E-state index is 0.315. The summed E-state index contributed by atoms with van der Waals surface area (Å²) in [4.78, 5) is 10.8. The van der Waals surface area contributed by atoms with Gasteiger partial charge in [-0.1, -0.05) is 30.2 Å². The molecule has 0 amide bonds. The van der Waals surface area contributed by atoms with Crippen molar-refractivity contribution in [1.29, 1.82) is 0 Å². The van der Waals surface area contributed by atoms with Crippen molar-refractivity contribution in [2.24, 2.45) is 0 Å². The number of hydrogen-bond acceptors (Lipinski definition) is 1. The largest absolute Gasteiger partial charge is 0.290 e. The van der Waals surface area contributed by atoms with E-state index in [4.69, 9.17) is 11.6 Å². The molecule has 13 heavy (non-hydrogen) atoms. The molecule has 0 bridgehead atoms. The fourth-order valence-corrected chi connectivity index (χ4v) is 1.87. The van der Waals surface area contributed by atoms with Crippen molar-refractivity contribution >= 4 is 17.9 Å². The van der Waals surface area contributed by atoms with Gasteiger partial charge in [0.25, 0.3) is 0 Å². The predicted octanol–water partition coefficient (Wildman–Crippen LogP) is 2.87. The molecule has 0 heterocycles. The first-order chi connectivity index (χ1) is 6.27. The summed E-state index contributed by atoms with van der Waals surface area (Å²) >= 11 is 5.77. The summed E-state index contributed by atoms with van der Waals surface area (Å²) < 4.78 is 0. The summed E-state index contributed by atoms with van der Waals surface area (Å²) in [5.74, 6) is 0. The van der Waals surface area contributed by atoms with Gasteiger partial charge in [0.05, 0.1) is 5.41 Å². The summed E-state index contributed by atoms with van der Waals surface area (Å²) in [6.45, 7) is 0. The lowest BCUT2D eigenvalue weighted by atomic mass is 9.65. The fourth-order valence-electron chi connectivity index (χ4n) is 1.75. The summed E-state index contributed by atoms with van der Waals surface area (Å²) in [5, 5.41) is 0.712. The maximum absolute atomic E-state index is 10.8. The van der Waals surface area contributed by atoms with Crippen molar-refractivity contribution in [3.05, 3.63) is 34.9 Å². The van der Waals surface area contributed by atoms with Crippen molar-refractivity contribution in [1.82, 2.24) is 0 Å². The van der Waals surface area contributed by atoms with E-state index < -0.39 is 0 Å². The van der Waals surface area contributed by atoms with Crippen LogP contribution in [0.4, 0.5) is 0 Å². The molecule has 1 fully saturated rings. The number of rotatable bonds is 2. The van der Waals surface area contributed by atoms with Crippen LogP contribution >= 0.6 is 11.6 Å². The molecule has 2 rings (SSSR count). The maximum Gasteiger partial charge on any atom is 0.209 e. The molecule has 0 spiro atoms. The zero-order chi connectivity index (χ0) is 9.31. The van der Waals surface area contributed by atoms with Gasteiger partial charge in [0, 0.05) is 5.02 Å². The molecule has 1 saturated carbocycles. The second-order valence-electron chi connectivity index (χ2n) is 3.54. The third-order valence-corrected chi connectivity index (χ3v) is 3.05. The quantitative estimate of drug-likeness (QED) is 0.706. The second-order valence-corrected chi connectivity index (χ2v) is 3.98. The average molecular weight is 194 g/mol. The third-order valence-electron chi connectivity index (χ3n) is 2.80. The Bertz CT molecular complexity index is 311. The molecule has 67 valence electrons. The van der Waals surface area contributed by atoms with Crippen LogP contribution in [0.1, 0.15) is 24.8 Å². The van der Waals surface area contributed by atoms with Crippen LogP contribution in [0, 0.1) is 0 Å². The van der Waals surface area contributed by atoms with E-state index in [9.17, 15) is 4.79 Å². The van der Waals surface area contributed by atoms with Crippen LogP contribution in [0.15, 0.2) is 24.3 Å². The first-order valence-electron chi connectivity index (χ1n) is 4.42. The molecule has 0 unspecified atom stereocenters. The van der Waals surface area contributed by atoms with E-state index in [1.54, 1.807) is 0 Å². The minimum atomic E-state index is -0.315. The highest BCUT2D eigenvalue weighted by atomic mass is 35.5. The monoisotopic (exact) mass is 193 g/mol. The Labute approximate surface area is 82.7 Å². The van der Waals surface area contributed by atoms with Crippen LogP contribution in [0.25, 0.3) is 0 Å². The molecule has 1 nitrogen and oxygen atoms in total. The van der Waals surface area contributed by atoms with Crippen molar-refractivity contribution in [2.45, 2.75) is 24.7 Å². The van der Waals surface area contributed by atoms with E-state index in [-0.39, 0.29) is 5.41 Å². The molecular weight excluding hydrogens is 184 g/mol. The molecule has 0 saturated heterocycles. The van der Waals surface area contributed by atoms with Gasteiger partial charge in [-0.2, -0.15) is 0 Å². The van der Waals surface area contributed by atoms with E-state index in [0.717, 1.165) is 24.8 Å². The van der Waals surface area contributed by atoms with Crippen LogP contribution in [-0.2, 0) is 10.2 Å². The summed E-state index contributed by atoms with van der Waals surface area (Å²) in [6.07, 6.45) is 5.14. The first kappa shape index (κ1) is 8.76. The van der Waals surface area contributed by atoms with Crippen LogP contribution in [0.5, 0.6) is 0 Å². The first-order valence-corrected chi connectivity index (χ1v) is 4.80. The lowest BCUT2D eigenvalue weighted by Crippen LogP contribution is -2.35. The number of halogens is 1. The predicted molar refractivity (Wildman–Crippen MR) is 52.7 cm³/mol. The van der Waals surface area contributed by atoms with Crippen LogP contribution < -0.4 is 0 Å². The van der Waals surface area contributed by atoms with Gasteiger partial charge in [0.2, 0.25) is 6.29 Å². The molecular formula is C11H10ClO. The molecule has 2 heteroatoms. The Morgan fingerprint density at radius 3 is 2.23 bits per heavy atom. The number of hydrogen-bond donors (Lipinski definition) is 0. The molecule has 0 N–H and O–H groups in total. The highest BCUT2D eigenvalue weighted by Crippen LogP contribution is 2.41.